The molecule has 12 heteroatoms. The number of rotatable bonds is 43. The van der Waals surface area contributed by atoms with Crippen LogP contribution in [0.4, 0.5) is 0 Å². The van der Waals surface area contributed by atoms with Crippen LogP contribution in [0.25, 0.3) is 0 Å². The lowest BCUT2D eigenvalue weighted by atomic mass is 10.1. The molecule has 48 heavy (non-hydrogen) atoms. The number of esters is 1. The molecule has 0 aromatic carbocycles. The van der Waals surface area contributed by atoms with Crippen LogP contribution in [0.1, 0.15) is 96.8 Å². The van der Waals surface area contributed by atoms with Gasteiger partial charge in [-0.05, 0) is 23.7 Å². The first kappa shape index (κ1) is 47.8. The van der Waals surface area contributed by atoms with Crippen molar-refractivity contribution in [2.45, 2.75) is 96.8 Å². The summed E-state index contributed by atoms with van der Waals surface area (Å²) in [6, 6.07) is 0. The topological polar surface area (TPSA) is 109 Å². The third kappa shape index (κ3) is 43.9. The molecule has 11 nitrogen and oxygen atoms in total. The number of hydrogen-bond acceptors (Lipinski definition) is 11. The molecule has 0 rings (SSSR count). The van der Waals surface area contributed by atoms with Crippen molar-refractivity contribution in [2.24, 2.45) is 0 Å². The normalized spacial score (nSPS) is 11.5. The Balaban J connectivity index is 3.10. The van der Waals surface area contributed by atoms with Gasteiger partial charge in [0, 0.05) is 13.0 Å². The van der Waals surface area contributed by atoms with Crippen molar-refractivity contribution in [1.82, 2.24) is 0 Å². The van der Waals surface area contributed by atoms with Crippen LogP contribution >= 0.6 is 22.6 Å². The summed E-state index contributed by atoms with van der Waals surface area (Å²) in [5.41, 5.74) is 0. The molecule has 0 aromatic rings. The zero-order valence-corrected chi connectivity index (χ0v) is 32.6. The Labute approximate surface area is 306 Å². The largest absolute Gasteiger partial charge is 0.463 e. The van der Waals surface area contributed by atoms with Gasteiger partial charge in [-0.1, -0.05) is 93.7 Å². The molecule has 0 atom stereocenters. The maximum atomic E-state index is 11.8. The van der Waals surface area contributed by atoms with Gasteiger partial charge in [0.25, 0.3) is 0 Å². The summed E-state index contributed by atoms with van der Waals surface area (Å²) in [4.78, 5) is 11.8. The van der Waals surface area contributed by atoms with Crippen LogP contribution in [-0.4, -0.2) is 136 Å². The first-order valence-electron chi connectivity index (χ1n) is 18.7. The molecule has 0 unspecified atom stereocenters. The van der Waals surface area contributed by atoms with E-state index in [1.807, 2.05) is 0 Å². The first-order chi connectivity index (χ1) is 23.8. The standard InChI is InChI=1S/C36H71IO11/c1-2-3-4-5-6-7-8-9-12-15-36(38)48-35-34-47-33-32-46-31-30-45-29-28-44-27-26-43-25-24-42-23-22-41-21-20-40-19-18-39-17-14-11-10-13-16-37/h2-35H2,1H3. The number of unbranched alkanes of at least 4 members (excludes halogenated alkanes) is 11. The van der Waals surface area contributed by atoms with Gasteiger partial charge < -0.3 is 47.4 Å². The van der Waals surface area contributed by atoms with Gasteiger partial charge in [0.15, 0.2) is 0 Å². The molecule has 0 aliphatic heterocycles. The molecule has 0 fully saturated rings. The quantitative estimate of drug-likeness (QED) is 0.0288. The van der Waals surface area contributed by atoms with Crippen molar-refractivity contribution < 1.29 is 52.2 Å². The van der Waals surface area contributed by atoms with E-state index in [4.69, 9.17) is 47.4 Å². The van der Waals surface area contributed by atoms with E-state index >= 15 is 0 Å². The van der Waals surface area contributed by atoms with E-state index in [1.54, 1.807) is 0 Å². The van der Waals surface area contributed by atoms with E-state index in [9.17, 15) is 4.79 Å². The molecule has 0 saturated carbocycles. The summed E-state index contributed by atoms with van der Waals surface area (Å²) in [5, 5.41) is 0. The van der Waals surface area contributed by atoms with E-state index in [2.05, 4.69) is 29.5 Å². The molecule has 0 heterocycles. The summed E-state index contributed by atoms with van der Waals surface area (Å²) < 4.78 is 55.9. The van der Waals surface area contributed by atoms with Crippen LogP contribution in [0.2, 0.25) is 0 Å². The highest BCUT2D eigenvalue weighted by molar-refractivity contribution is 14.1. The molecule has 0 saturated heterocycles. The Morgan fingerprint density at radius 3 is 1.02 bits per heavy atom. The molecule has 0 aromatic heterocycles. The number of halogens is 1. The highest BCUT2D eigenvalue weighted by Gasteiger charge is 2.03. The highest BCUT2D eigenvalue weighted by Crippen LogP contribution is 2.10. The minimum Gasteiger partial charge on any atom is -0.463 e. The molecule has 0 amide bonds. The summed E-state index contributed by atoms with van der Waals surface area (Å²) >= 11 is 2.42. The van der Waals surface area contributed by atoms with E-state index < -0.39 is 0 Å². The lowest BCUT2D eigenvalue weighted by Crippen LogP contribution is -2.15. The Morgan fingerprint density at radius 1 is 0.354 bits per heavy atom. The molecule has 288 valence electrons. The van der Waals surface area contributed by atoms with E-state index in [1.165, 1.54) is 68.6 Å². The fraction of sp³-hybridized carbons (Fsp3) is 0.972. The minimum absolute atomic E-state index is 0.133. The fourth-order valence-corrected chi connectivity index (χ4v) is 4.92. The summed E-state index contributed by atoms with van der Waals surface area (Å²) in [7, 11) is 0. The van der Waals surface area contributed by atoms with Gasteiger partial charge in [-0.25, -0.2) is 0 Å². The second kappa shape index (κ2) is 44.9. The van der Waals surface area contributed by atoms with Gasteiger partial charge in [0.05, 0.1) is 112 Å². The van der Waals surface area contributed by atoms with Crippen LogP contribution in [-0.2, 0) is 52.2 Å². The van der Waals surface area contributed by atoms with Gasteiger partial charge in [-0.15, -0.1) is 0 Å². The number of carbonyl (C=O) groups excluding carboxylic acids is 1. The third-order valence-corrected chi connectivity index (χ3v) is 7.89. The average molecular weight is 807 g/mol. The lowest BCUT2D eigenvalue weighted by Gasteiger charge is -2.09. The number of alkyl halides is 1. The predicted molar refractivity (Wildman–Crippen MR) is 198 cm³/mol. The maximum Gasteiger partial charge on any atom is 0.305 e. The first-order valence-corrected chi connectivity index (χ1v) is 20.2. The van der Waals surface area contributed by atoms with Crippen molar-refractivity contribution in [1.29, 1.82) is 0 Å². The number of hydrogen-bond donors (Lipinski definition) is 0. The molecule has 0 spiro atoms. The van der Waals surface area contributed by atoms with Gasteiger partial charge in [-0.2, -0.15) is 0 Å². The van der Waals surface area contributed by atoms with E-state index in [0.717, 1.165) is 25.9 Å². The van der Waals surface area contributed by atoms with Gasteiger partial charge >= 0.3 is 5.97 Å². The van der Waals surface area contributed by atoms with Crippen LogP contribution < -0.4 is 0 Å². The maximum absolute atomic E-state index is 11.8. The van der Waals surface area contributed by atoms with Gasteiger partial charge in [0.1, 0.15) is 6.61 Å². The second-order valence-corrected chi connectivity index (χ2v) is 12.5. The van der Waals surface area contributed by atoms with Crippen LogP contribution in [0, 0.1) is 0 Å². The summed E-state index contributed by atoms with van der Waals surface area (Å²) in [6.07, 6.45) is 16.6. The Hall–Kier alpha value is -0.160. The zero-order valence-electron chi connectivity index (χ0n) is 30.4. The third-order valence-electron chi connectivity index (χ3n) is 7.12. The fourth-order valence-electron chi connectivity index (χ4n) is 4.38. The molecule has 0 N–H and O–H groups in total. The van der Waals surface area contributed by atoms with Crippen molar-refractivity contribution in [3.8, 4) is 0 Å². The van der Waals surface area contributed by atoms with Crippen LogP contribution in [0.15, 0.2) is 0 Å². The average Bonchev–Trinajstić information content (AvgIpc) is 3.09. The van der Waals surface area contributed by atoms with Gasteiger partial charge in [0.2, 0.25) is 0 Å². The molecule has 0 radical (unpaired) electrons. The van der Waals surface area contributed by atoms with Crippen molar-refractivity contribution in [3.63, 3.8) is 0 Å². The Morgan fingerprint density at radius 2 is 0.646 bits per heavy atom. The minimum atomic E-state index is -0.133. The SMILES string of the molecule is CCCCCCCCCCCC(=O)OCCOCCOCCOCCOCCOCCOCCOCCOCCOCCCCCCI. The second-order valence-electron chi connectivity index (χ2n) is 11.4. The molecule has 0 aliphatic rings. The van der Waals surface area contributed by atoms with E-state index in [0.29, 0.717) is 125 Å². The van der Waals surface area contributed by atoms with Gasteiger partial charge in [-0.3, -0.25) is 4.79 Å². The van der Waals surface area contributed by atoms with Crippen molar-refractivity contribution in [2.75, 3.05) is 130 Å². The smallest absolute Gasteiger partial charge is 0.305 e. The number of ether oxygens (including phenoxy) is 10. The number of carbonyl (C=O) groups is 1. The van der Waals surface area contributed by atoms with Crippen molar-refractivity contribution in [3.05, 3.63) is 0 Å². The Kier molecular flexibility index (Phi) is 44.7. The monoisotopic (exact) mass is 806 g/mol. The summed E-state index contributed by atoms with van der Waals surface area (Å²) in [6.45, 7) is 12.2. The zero-order chi connectivity index (χ0) is 34.7. The van der Waals surface area contributed by atoms with E-state index in [-0.39, 0.29) is 5.97 Å². The lowest BCUT2D eigenvalue weighted by molar-refractivity contribution is -0.145. The highest BCUT2D eigenvalue weighted by atomic mass is 127. The Bertz CT molecular complexity index is 604. The summed E-state index contributed by atoms with van der Waals surface area (Å²) in [5.74, 6) is -0.133. The molecule has 0 aliphatic carbocycles. The molecular weight excluding hydrogens is 735 g/mol. The van der Waals surface area contributed by atoms with Crippen molar-refractivity contribution >= 4 is 28.6 Å². The molecule has 0 bridgehead atoms. The van der Waals surface area contributed by atoms with Crippen LogP contribution in [0.5, 0.6) is 0 Å². The molecular formula is C36H71IO11. The predicted octanol–water partition coefficient (Wildman–Crippen LogP) is 6.60. The van der Waals surface area contributed by atoms with Crippen LogP contribution in [0.3, 0.4) is 0 Å².